The van der Waals surface area contributed by atoms with Crippen LogP contribution in [0.25, 0.3) is 33.4 Å². The second-order valence-corrected chi connectivity index (χ2v) is 5.63. The van der Waals surface area contributed by atoms with E-state index in [1.54, 1.807) is 25.5 Å². The normalized spacial score (nSPS) is 10.9. The third-order valence-electron chi connectivity index (χ3n) is 4.03. The first-order chi connectivity index (χ1) is 11.7. The predicted octanol–water partition coefficient (Wildman–Crippen LogP) is 4.81. The van der Waals surface area contributed by atoms with Gasteiger partial charge in [-0.25, -0.2) is 14.4 Å². The van der Waals surface area contributed by atoms with Crippen LogP contribution in [0.3, 0.4) is 0 Å². The zero-order valence-corrected chi connectivity index (χ0v) is 13.1. The summed E-state index contributed by atoms with van der Waals surface area (Å²) in [6, 6.07) is 16.8. The van der Waals surface area contributed by atoms with Crippen LogP contribution in [-0.4, -0.2) is 15.0 Å². The van der Waals surface area contributed by atoms with E-state index in [0.29, 0.717) is 5.56 Å². The van der Waals surface area contributed by atoms with Crippen molar-refractivity contribution >= 4 is 10.9 Å². The van der Waals surface area contributed by atoms with E-state index in [1.807, 2.05) is 42.5 Å². The van der Waals surface area contributed by atoms with Crippen molar-refractivity contribution < 1.29 is 4.39 Å². The Morgan fingerprint density at radius 3 is 2.50 bits per heavy atom. The second kappa shape index (κ2) is 5.81. The van der Waals surface area contributed by atoms with Crippen molar-refractivity contribution in [2.75, 3.05) is 0 Å². The Kier molecular flexibility index (Phi) is 3.50. The fourth-order valence-corrected chi connectivity index (χ4v) is 2.77. The maximum absolute atomic E-state index is 13.5. The summed E-state index contributed by atoms with van der Waals surface area (Å²) in [7, 11) is 0. The fourth-order valence-electron chi connectivity index (χ4n) is 2.77. The molecule has 3 nitrogen and oxygen atoms in total. The first kappa shape index (κ1) is 14.5. The van der Waals surface area contributed by atoms with Crippen molar-refractivity contribution in [3.05, 3.63) is 78.5 Å². The van der Waals surface area contributed by atoms with Gasteiger partial charge >= 0.3 is 0 Å². The van der Waals surface area contributed by atoms with E-state index in [2.05, 4.69) is 15.0 Å². The molecular weight excluding hydrogens is 301 g/mol. The fraction of sp³-hybridized carbons (Fsp3) is 0.0500. The number of pyridine rings is 1. The molecule has 0 bridgehead atoms. The zero-order valence-electron chi connectivity index (χ0n) is 13.1. The lowest BCUT2D eigenvalue weighted by Crippen LogP contribution is -1.92. The van der Waals surface area contributed by atoms with Crippen LogP contribution in [0.5, 0.6) is 0 Å². The largest absolute Gasteiger partial charge is 0.256 e. The lowest BCUT2D eigenvalue weighted by Gasteiger charge is -2.08. The van der Waals surface area contributed by atoms with Gasteiger partial charge in [0, 0.05) is 22.7 Å². The molecule has 4 aromatic rings. The quantitative estimate of drug-likeness (QED) is 0.533. The molecule has 0 atom stereocenters. The number of benzene rings is 2. The number of fused-ring (bicyclic) bond motifs is 1. The van der Waals surface area contributed by atoms with E-state index in [1.165, 1.54) is 6.07 Å². The van der Waals surface area contributed by atoms with Crippen LogP contribution in [0, 0.1) is 12.7 Å². The van der Waals surface area contributed by atoms with Gasteiger partial charge in [0.1, 0.15) is 12.1 Å². The SMILES string of the molecule is Cc1cc(-c2ncnc3cc(-c4ccccn4)ccc23)ccc1F. The predicted molar refractivity (Wildman–Crippen MR) is 92.9 cm³/mol. The Bertz CT molecular complexity index is 1030. The van der Waals surface area contributed by atoms with Crippen molar-refractivity contribution in [1.82, 2.24) is 15.0 Å². The summed E-state index contributed by atoms with van der Waals surface area (Å²) in [5.41, 5.74) is 5.03. The lowest BCUT2D eigenvalue weighted by molar-refractivity contribution is 0.619. The number of hydrogen-bond acceptors (Lipinski definition) is 3. The standard InChI is InChI=1S/C20H14FN3/c1-13-10-15(6-8-17(13)21)20-16-7-5-14(11-19(16)23-12-24-20)18-4-2-3-9-22-18/h2-12H,1H3. The average Bonchev–Trinajstić information content (AvgIpc) is 2.64. The van der Waals surface area contributed by atoms with E-state index in [9.17, 15) is 4.39 Å². The van der Waals surface area contributed by atoms with Gasteiger partial charge in [-0.15, -0.1) is 0 Å². The molecule has 0 aliphatic heterocycles. The molecule has 0 fully saturated rings. The number of rotatable bonds is 2. The van der Waals surface area contributed by atoms with Gasteiger partial charge in [0.2, 0.25) is 0 Å². The summed E-state index contributed by atoms with van der Waals surface area (Å²) in [4.78, 5) is 13.2. The molecule has 0 N–H and O–H groups in total. The first-order valence-corrected chi connectivity index (χ1v) is 7.65. The van der Waals surface area contributed by atoms with E-state index in [0.717, 1.165) is 33.4 Å². The molecule has 2 heterocycles. The third kappa shape index (κ3) is 2.52. The first-order valence-electron chi connectivity index (χ1n) is 7.65. The van der Waals surface area contributed by atoms with E-state index >= 15 is 0 Å². The number of halogens is 1. The summed E-state index contributed by atoms with van der Waals surface area (Å²) in [6.45, 7) is 1.75. The third-order valence-corrected chi connectivity index (χ3v) is 4.03. The van der Waals surface area contributed by atoms with Crippen LogP contribution >= 0.6 is 0 Å². The summed E-state index contributed by atoms with van der Waals surface area (Å²) >= 11 is 0. The highest BCUT2D eigenvalue weighted by Gasteiger charge is 2.09. The highest BCUT2D eigenvalue weighted by atomic mass is 19.1. The smallest absolute Gasteiger partial charge is 0.126 e. The van der Waals surface area contributed by atoms with Crippen molar-refractivity contribution in [3.63, 3.8) is 0 Å². The number of nitrogens with zero attached hydrogens (tertiary/aromatic N) is 3. The van der Waals surface area contributed by atoms with Crippen LogP contribution in [0.1, 0.15) is 5.56 Å². The van der Waals surface area contributed by atoms with Crippen molar-refractivity contribution in [1.29, 1.82) is 0 Å². The van der Waals surface area contributed by atoms with Crippen LogP contribution in [-0.2, 0) is 0 Å². The highest BCUT2D eigenvalue weighted by molar-refractivity contribution is 5.94. The minimum atomic E-state index is -0.213. The summed E-state index contributed by atoms with van der Waals surface area (Å²) in [5.74, 6) is -0.213. The molecule has 4 rings (SSSR count). The molecule has 0 aliphatic rings. The monoisotopic (exact) mass is 315 g/mol. The molecule has 24 heavy (non-hydrogen) atoms. The highest BCUT2D eigenvalue weighted by Crippen LogP contribution is 2.29. The van der Waals surface area contributed by atoms with E-state index in [4.69, 9.17) is 0 Å². The van der Waals surface area contributed by atoms with Crippen LogP contribution < -0.4 is 0 Å². The molecule has 0 saturated heterocycles. The maximum atomic E-state index is 13.5. The van der Waals surface area contributed by atoms with Gasteiger partial charge in [-0.1, -0.05) is 12.1 Å². The Labute approximate surface area is 138 Å². The molecule has 0 unspecified atom stereocenters. The van der Waals surface area contributed by atoms with Crippen molar-refractivity contribution in [2.45, 2.75) is 6.92 Å². The summed E-state index contributed by atoms with van der Waals surface area (Å²) in [6.07, 6.45) is 3.31. The molecule has 0 spiro atoms. The average molecular weight is 315 g/mol. The van der Waals surface area contributed by atoms with E-state index in [-0.39, 0.29) is 5.82 Å². The molecule has 0 aliphatic carbocycles. The van der Waals surface area contributed by atoms with Gasteiger partial charge in [-0.3, -0.25) is 4.98 Å². The molecule has 2 aromatic carbocycles. The lowest BCUT2D eigenvalue weighted by atomic mass is 10.0. The molecule has 116 valence electrons. The van der Waals surface area contributed by atoms with Crippen molar-refractivity contribution in [2.24, 2.45) is 0 Å². The summed E-state index contributed by atoms with van der Waals surface area (Å²) in [5, 5.41) is 0.934. The summed E-state index contributed by atoms with van der Waals surface area (Å²) < 4.78 is 13.5. The van der Waals surface area contributed by atoms with E-state index < -0.39 is 0 Å². The molecule has 0 amide bonds. The van der Waals surface area contributed by atoms with Gasteiger partial charge in [-0.05, 0) is 55.0 Å². The van der Waals surface area contributed by atoms with Gasteiger partial charge in [0.15, 0.2) is 0 Å². The van der Waals surface area contributed by atoms with Gasteiger partial charge in [0.25, 0.3) is 0 Å². The zero-order chi connectivity index (χ0) is 16.5. The van der Waals surface area contributed by atoms with Crippen LogP contribution in [0.4, 0.5) is 4.39 Å². The Balaban J connectivity index is 1.88. The number of hydrogen-bond donors (Lipinski definition) is 0. The minimum absolute atomic E-state index is 0.213. The van der Waals surface area contributed by atoms with Gasteiger partial charge < -0.3 is 0 Å². The second-order valence-electron chi connectivity index (χ2n) is 5.63. The Morgan fingerprint density at radius 2 is 1.71 bits per heavy atom. The molecule has 0 radical (unpaired) electrons. The van der Waals surface area contributed by atoms with Crippen molar-refractivity contribution in [3.8, 4) is 22.5 Å². The number of aromatic nitrogens is 3. The maximum Gasteiger partial charge on any atom is 0.126 e. The molecule has 0 saturated carbocycles. The topological polar surface area (TPSA) is 38.7 Å². The van der Waals surface area contributed by atoms with Crippen LogP contribution in [0.2, 0.25) is 0 Å². The van der Waals surface area contributed by atoms with Gasteiger partial charge in [0.05, 0.1) is 16.9 Å². The van der Waals surface area contributed by atoms with Gasteiger partial charge in [-0.2, -0.15) is 0 Å². The van der Waals surface area contributed by atoms with Crippen LogP contribution in [0.15, 0.2) is 67.1 Å². The molecule has 2 aromatic heterocycles. The molecular formula is C20H14FN3. The Morgan fingerprint density at radius 1 is 0.833 bits per heavy atom. The molecule has 4 heteroatoms. The minimum Gasteiger partial charge on any atom is -0.256 e. The Hall–Kier alpha value is -3.14. The number of aryl methyl sites for hydroxylation is 1.